The van der Waals surface area contributed by atoms with Gasteiger partial charge in [-0.2, -0.15) is 0 Å². The molecule has 2 aliphatic heterocycles. The molecule has 2 aliphatic rings. The number of aromatic nitrogens is 4. The number of hydrogen-bond donors (Lipinski definition) is 0. The zero-order chi connectivity index (χ0) is 21.4. The van der Waals surface area contributed by atoms with Gasteiger partial charge in [-0.25, -0.2) is 4.98 Å². The summed E-state index contributed by atoms with van der Waals surface area (Å²) >= 11 is 1.48. The summed E-state index contributed by atoms with van der Waals surface area (Å²) in [6.45, 7) is 7.92. The molecule has 5 rings (SSSR count). The van der Waals surface area contributed by atoms with Crippen LogP contribution in [0.5, 0.6) is 0 Å². The van der Waals surface area contributed by atoms with Crippen LogP contribution in [-0.2, 0) is 6.54 Å². The van der Waals surface area contributed by atoms with E-state index in [0.29, 0.717) is 24.0 Å². The Morgan fingerprint density at radius 3 is 2.74 bits per heavy atom. The zero-order valence-corrected chi connectivity index (χ0v) is 18.9. The van der Waals surface area contributed by atoms with Gasteiger partial charge in [-0.05, 0) is 43.8 Å². The molecule has 0 aromatic carbocycles. The Bertz CT molecular complexity index is 1060. The van der Waals surface area contributed by atoms with E-state index in [1.54, 1.807) is 6.33 Å². The first-order valence-electron chi connectivity index (χ1n) is 11.2. The van der Waals surface area contributed by atoms with Gasteiger partial charge in [0.1, 0.15) is 11.2 Å². The summed E-state index contributed by atoms with van der Waals surface area (Å²) in [6.07, 6.45) is 7.35. The highest BCUT2D eigenvalue weighted by Crippen LogP contribution is 2.44. The van der Waals surface area contributed by atoms with E-state index in [4.69, 9.17) is 4.42 Å². The second kappa shape index (κ2) is 8.55. The number of nitrogens with zero attached hydrogens (tertiary/aromatic N) is 6. The van der Waals surface area contributed by atoms with Crippen LogP contribution in [0.15, 0.2) is 22.2 Å². The lowest BCUT2D eigenvalue weighted by Gasteiger charge is -2.39. The lowest BCUT2D eigenvalue weighted by atomic mass is 9.98. The number of imidazole rings is 1. The third-order valence-electron chi connectivity index (χ3n) is 6.18. The van der Waals surface area contributed by atoms with Crippen molar-refractivity contribution in [3.8, 4) is 17.3 Å². The van der Waals surface area contributed by atoms with E-state index in [1.807, 2.05) is 20.9 Å². The lowest BCUT2D eigenvalue weighted by molar-refractivity contribution is 0.0466. The summed E-state index contributed by atoms with van der Waals surface area (Å²) in [7, 11) is 0. The normalized spacial score (nSPS) is 17.3. The summed E-state index contributed by atoms with van der Waals surface area (Å²) in [5, 5.41) is 10.6. The minimum absolute atomic E-state index is 0.00515. The highest BCUT2D eigenvalue weighted by atomic mass is 32.1. The van der Waals surface area contributed by atoms with Crippen LogP contribution in [0.2, 0.25) is 0 Å². The quantitative estimate of drug-likeness (QED) is 0.494. The number of fused-ring (bicyclic) bond motifs is 5. The van der Waals surface area contributed by atoms with Gasteiger partial charge in [-0.15, -0.1) is 21.5 Å². The number of rotatable bonds is 9. The van der Waals surface area contributed by atoms with Crippen LogP contribution in [0.4, 0.5) is 0 Å². The summed E-state index contributed by atoms with van der Waals surface area (Å²) in [6, 6.07) is 1.99. The molecular weight excluding hydrogens is 412 g/mol. The van der Waals surface area contributed by atoms with Gasteiger partial charge in [0.15, 0.2) is 5.69 Å². The van der Waals surface area contributed by atoms with Gasteiger partial charge in [-0.1, -0.05) is 26.7 Å². The fraction of sp³-hybridized carbons (Fsp3) is 0.545. The predicted octanol–water partition coefficient (Wildman–Crippen LogP) is 4.29. The molecule has 3 aromatic rings. The van der Waals surface area contributed by atoms with Crippen LogP contribution in [0.25, 0.3) is 17.3 Å². The van der Waals surface area contributed by atoms with Crippen LogP contribution in [-0.4, -0.2) is 55.1 Å². The molecule has 0 unspecified atom stereocenters. The molecule has 1 atom stereocenters. The molecule has 9 heteroatoms. The maximum Gasteiger partial charge on any atom is 0.268 e. The van der Waals surface area contributed by atoms with Crippen molar-refractivity contribution in [1.82, 2.24) is 29.5 Å². The molecule has 164 valence electrons. The maximum absolute atomic E-state index is 12.9. The molecule has 5 heterocycles. The van der Waals surface area contributed by atoms with E-state index in [2.05, 4.69) is 33.9 Å². The third-order valence-corrected chi connectivity index (χ3v) is 7.07. The molecule has 1 fully saturated rings. The van der Waals surface area contributed by atoms with E-state index in [0.717, 1.165) is 55.2 Å². The van der Waals surface area contributed by atoms with Gasteiger partial charge in [0.25, 0.3) is 11.8 Å². The number of thiophene rings is 1. The third kappa shape index (κ3) is 3.59. The molecule has 0 N–H and O–H groups in total. The van der Waals surface area contributed by atoms with Crippen molar-refractivity contribution in [3.05, 3.63) is 34.2 Å². The number of amides is 1. The SMILES string of the molecule is CCCCN(CCCC)Cc1nnc(-c2ncn3c2[C@@H]2CCN2C(=O)c2sccc2-3)o1. The van der Waals surface area contributed by atoms with Crippen molar-refractivity contribution >= 4 is 17.2 Å². The van der Waals surface area contributed by atoms with Crippen molar-refractivity contribution in [1.29, 1.82) is 0 Å². The molecule has 3 aromatic heterocycles. The van der Waals surface area contributed by atoms with Crippen molar-refractivity contribution in [2.75, 3.05) is 19.6 Å². The van der Waals surface area contributed by atoms with Crippen molar-refractivity contribution in [2.45, 2.75) is 58.5 Å². The monoisotopic (exact) mass is 440 g/mol. The van der Waals surface area contributed by atoms with E-state index >= 15 is 0 Å². The number of unbranched alkanes of at least 4 members (excludes halogenated alkanes) is 2. The summed E-state index contributed by atoms with van der Waals surface area (Å²) in [5.74, 6) is 1.16. The van der Waals surface area contributed by atoms with Gasteiger partial charge in [0.2, 0.25) is 5.89 Å². The minimum atomic E-state index is 0.00515. The molecule has 0 spiro atoms. The van der Waals surface area contributed by atoms with E-state index < -0.39 is 0 Å². The topological polar surface area (TPSA) is 80.3 Å². The Balaban J connectivity index is 1.44. The summed E-state index contributed by atoms with van der Waals surface area (Å²) in [5.41, 5.74) is 2.55. The van der Waals surface area contributed by atoms with E-state index in [-0.39, 0.29) is 11.9 Å². The van der Waals surface area contributed by atoms with Crippen molar-refractivity contribution < 1.29 is 9.21 Å². The van der Waals surface area contributed by atoms with Crippen LogP contribution in [0.1, 0.15) is 73.2 Å². The standard InChI is InChI=1S/C22H28N6O2S/c1-3-5-9-26(10-6-4-2)13-17-24-25-21(30-17)18-19-15-7-11-27(15)22(29)20-16(8-12-31-20)28(19)14-23-18/h8,12,14-15H,3-7,9-11,13H2,1-2H3/t15-/m0/s1. The van der Waals surface area contributed by atoms with Crippen LogP contribution >= 0.6 is 11.3 Å². The predicted molar refractivity (Wildman–Crippen MR) is 118 cm³/mol. The molecule has 0 radical (unpaired) electrons. The Labute approximate surface area is 185 Å². The Kier molecular flexibility index (Phi) is 5.62. The van der Waals surface area contributed by atoms with Crippen LogP contribution in [0.3, 0.4) is 0 Å². The Morgan fingerprint density at radius 1 is 1.23 bits per heavy atom. The number of carbonyl (C=O) groups excluding carboxylic acids is 1. The van der Waals surface area contributed by atoms with Gasteiger partial charge in [-0.3, -0.25) is 14.3 Å². The second-order valence-electron chi connectivity index (χ2n) is 8.27. The minimum Gasteiger partial charge on any atom is -0.418 e. The highest BCUT2D eigenvalue weighted by Gasteiger charge is 2.43. The van der Waals surface area contributed by atoms with E-state index in [1.165, 1.54) is 24.2 Å². The van der Waals surface area contributed by atoms with Gasteiger partial charge in [0.05, 0.1) is 24.0 Å². The summed E-state index contributed by atoms with van der Waals surface area (Å²) < 4.78 is 8.12. The molecule has 0 saturated carbocycles. The molecule has 0 bridgehead atoms. The fourth-order valence-electron chi connectivity index (χ4n) is 4.37. The number of carbonyl (C=O) groups is 1. The Morgan fingerprint density at radius 2 is 2.03 bits per heavy atom. The maximum atomic E-state index is 12.9. The first-order chi connectivity index (χ1) is 15.2. The van der Waals surface area contributed by atoms with Crippen molar-refractivity contribution in [2.24, 2.45) is 0 Å². The van der Waals surface area contributed by atoms with Gasteiger partial charge < -0.3 is 9.32 Å². The highest BCUT2D eigenvalue weighted by molar-refractivity contribution is 7.12. The first-order valence-corrected chi connectivity index (χ1v) is 12.1. The molecule has 1 saturated heterocycles. The Hall–Kier alpha value is -2.52. The molecule has 31 heavy (non-hydrogen) atoms. The van der Waals surface area contributed by atoms with Crippen LogP contribution in [0, 0.1) is 0 Å². The zero-order valence-electron chi connectivity index (χ0n) is 18.1. The number of hydrogen-bond acceptors (Lipinski definition) is 7. The molecule has 8 nitrogen and oxygen atoms in total. The second-order valence-corrected chi connectivity index (χ2v) is 9.19. The largest absolute Gasteiger partial charge is 0.418 e. The molecule has 1 amide bonds. The average Bonchev–Trinajstić information content (AvgIpc) is 3.47. The van der Waals surface area contributed by atoms with E-state index in [9.17, 15) is 4.79 Å². The lowest BCUT2D eigenvalue weighted by Crippen LogP contribution is -2.44. The fourth-order valence-corrected chi connectivity index (χ4v) is 5.21. The first kappa shape index (κ1) is 20.4. The average molecular weight is 441 g/mol. The van der Waals surface area contributed by atoms with Gasteiger partial charge >= 0.3 is 0 Å². The summed E-state index contributed by atoms with van der Waals surface area (Å²) in [4.78, 5) is 22.6. The molecular formula is C22H28N6O2S. The van der Waals surface area contributed by atoms with Crippen LogP contribution < -0.4 is 0 Å². The van der Waals surface area contributed by atoms with Gasteiger partial charge in [0, 0.05) is 6.54 Å². The smallest absolute Gasteiger partial charge is 0.268 e. The molecule has 0 aliphatic carbocycles. The van der Waals surface area contributed by atoms with Crippen molar-refractivity contribution in [3.63, 3.8) is 0 Å².